The summed E-state index contributed by atoms with van der Waals surface area (Å²) in [6.45, 7) is -0.835. The van der Waals surface area contributed by atoms with Crippen molar-refractivity contribution in [2.75, 3.05) is 12.9 Å². The molecule has 0 radical (unpaired) electrons. The van der Waals surface area contributed by atoms with Crippen LogP contribution in [0.4, 0.5) is 13.2 Å². The summed E-state index contributed by atoms with van der Waals surface area (Å²) < 4.78 is 86.4. The molecule has 0 aromatic heterocycles. The van der Waals surface area contributed by atoms with Crippen LogP contribution in [0.3, 0.4) is 0 Å². The quantitative estimate of drug-likeness (QED) is 0.774. The van der Waals surface area contributed by atoms with Crippen molar-refractivity contribution in [3.63, 3.8) is 0 Å². The van der Waals surface area contributed by atoms with Crippen molar-refractivity contribution in [3.8, 4) is 0 Å². The molecule has 0 aliphatic rings. The van der Waals surface area contributed by atoms with Gasteiger partial charge in [-0.2, -0.15) is 13.2 Å². The van der Waals surface area contributed by atoms with Gasteiger partial charge in [0.05, 0.1) is 13.2 Å². The van der Waals surface area contributed by atoms with E-state index < -0.39 is 35.9 Å². The molecule has 0 saturated heterocycles. The summed E-state index contributed by atoms with van der Waals surface area (Å²) in [5, 5.41) is 0. The molecular formula is C12H15F3O5S2. The highest BCUT2D eigenvalue weighted by atomic mass is 32.3. The van der Waals surface area contributed by atoms with Gasteiger partial charge in [-0.1, -0.05) is 30.3 Å². The van der Waals surface area contributed by atoms with E-state index in [0.717, 1.165) is 0 Å². The number of benzene rings is 1. The van der Waals surface area contributed by atoms with Gasteiger partial charge >= 0.3 is 5.51 Å². The Balaban J connectivity index is 3.06. The van der Waals surface area contributed by atoms with Crippen molar-refractivity contribution in [3.05, 3.63) is 35.9 Å². The van der Waals surface area contributed by atoms with Gasteiger partial charge in [-0.05, 0) is 12.5 Å². The minimum absolute atomic E-state index is 0.209. The molecule has 0 aliphatic heterocycles. The van der Waals surface area contributed by atoms with Crippen molar-refractivity contribution in [1.29, 1.82) is 0 Å². The van der Waals surface area contributed by atoms with Crippen LogP contribution >= 0.6 is 0 Å². The zero-order valence-corrected chi connectivity index (χ0v) is 13.4. The van der Waals surface area contributed by atoms with Gasteiger partial charge in [-0.25, -0.2) is 16.8 Å². The van der Waals surface area contributed by atoms with Crippen molar-refractivity contribution in [2.24, 2.45) is 0 Å². The largest absolute Gasteiger partial charge is 0.499 e. The van der Waals surface area contributed by atoms with Crippen LogP contribution in [0.5, 0.6) is 0 Å². The van der Waals surface area contributed by atoms with Crippen LogP contribution in [-0.2, 0) is 31.0 Å². The van der Waals surface area contributed by atoms with Crippen molar-refractivity contribution >= 4 is 19.7 Å². The molecule has 126 valence electrons. The van der Waals surface area contributed by atoms with Crippen LogP contribution < -0.4 is 0 Å². The van der Waals surface area contributed by atoms with Gasteiger partial charge in [0.1, 0.15) is 0 Å². The third kappa shape index (κ3) is 3.61. The van der Waals surface area contributed by atoms with E-state index in [0.29, 0.717) is 18.7 Å². The van der Waals surface area contributed by atoms with Gasteiger partial charge in [-0.15, -0.1) is 0 Å². The Morgan fingerprint density at radius 3 is 1.95 bits per heavy atom. The summed E-state index contributed by atoms with van der Waals surface area (Å²) >= 11 is 0. The van der Waals surface area contributed by atoms with E-state index in [-0.39, 0.29) is 6.61 Å². The van der Waals surface area contributed by atoms with Crippen molar-refractivity contribution in [1.82, 2.24) is 0 Å². The summed E-state index contributed by atoms with van der Waals surface area (Å²) in [5.41, 5.74) is -5.12. The highest BCUT2D eigenvalue weighted by molar-refractivity contribution is 8.10. The lowest BCUT2D eigenvalue weighted by molar-refractivity contribution is -0.0459. The van der Waals surface area contributed by atoms with Crippen molar-refractivity contribution in [2.45, 2.75) is 23.1 Å². The molecule has 0 spiro atoms. The minimum atomic E-state index is -5.96. The van der Waals surface area contributed by atoms with Crippen LogP contribution in [0, 0.1) is 0 Å². The first-order valence-corrected chi connectivity index (χ1v) is 9.32. The van der Waals surface area contributed by atoms with Crippen LogP contribution in [0.15, 0.2) is 30.3 Å². The first-order chi connectivity index (χ1) is 9.83. The summed E-state index contributed by atoms with van der Waals surface area (Å²) in [6.07, 6.45) is 0.433. The van der Waals surface area contributed by atoms with Crippen molar-refractivity contribution < 1.29 is 34.7 Å². The Bertz CT molecular complexity index is 711. The van der Waals surface area contributed by atoms with Crippen LogP contribution in [0.2, 0.25) is 0 Å². The Morgan fingerprint density at radius 1 is 1.05 bits per heavy atom. The summed E-state index contributed by atoms with van der Waals surface area (Å²) in [7, 11) is -10.6. The van der Waals surface area contributed by atoms with Gasteiger partial charge in [0.25, 0.3) is 9.84 Å². The Hall–Kier alpha value is -1.13. The third-order valence-corrected chi connectivity index (χ3v) is 8.25. The molecule has 0 bridgehead atoms. The van der Waals surface area contributed by atoms with Gasteiger partial charge in [0.15, 0.2) is 9.84 Å². The molecule has 5 nitrogen and oxygen atoms in total. The van der Waals surface area contributed by atoms with E-state index in [1.54, 1.807) is 30.3 Å². The lowest BCUT2D eigenvalue weighted by atomic mass is 10.2. The van der Waals surface area contributed by atoms with E-state index in [1.165, 1.54) is 0 Å². The average Bonchev–Trinajstić information content (AvgIpc) is 2.37. The number of rotatable bonds is 6. The summed E-state index contributed by atoms with van der Waals surface area (Å²) in [4.78, 5) is 0. The molecule has 1 aromatic rings. The van der Waals surface area contributed by atoms with Gasteiger partial charge in [-0.3, -0.25) is 0 Å². The highest BCUT2D eigenvalue weighted by Gasteiger charge is 2.62. The fourth-order valence-corrected chi connectivity index (χ4v) is 4.46. The van der Waals surface area contributed by atoms with E-state index in [2.05, 4.69) is 0 Å². The molecule has 22 heavy (non-hydrogen) atoms. The molecule has 1 aromatic carbocycles. The van der Waals surface area contributed by atoms with Gasteiger partial charge in [0, 0.05) is 6.26 Å². The first-order valence-electron chi connectivity index (χ1n) is 5.95. The van der Waals surface area contributed by atoms with Crippen LogP contribution in [-0.4, -0.2) is 39.3 Å². The monoisotopic (exact) mass is 360 g/mol. The number of hydrogen-bond acceptors (Lipinski definition) is 5. The maximum atomic E-state index is 12.7. The molecule has 0 saturated carbocycles. The molecule has 1 unspecified atom stereocenters. The number of hydrogen-bond donors (Lipinski definition) is 0. The number of halogens is 3. The number of alkyl halides is 3. The zero-order chi connectivity index (χ0) is 17.2. The van der Waals surface area contributed by atoms with E-state index in [4.69, 9.17) is 4.74 Å². The normalized spacial score (nSPS) is 16.2. The first kappa shape index (κ1) is 18.9. The van der Waals surface area contributed by atoms with Gasteiger partial charge < -0.3 is 4.74 Å². The average molecular weight is 360 g/mol. The van der Waals surface area contributed by atoms with Crippen LogP contribution in [0.25, 0.3) is 0 Å². The highest BCUT2D eigenvalue weighted by Crippen LogP contribution is 2.37. The molecular weight excluding hydrogens is 345 g/mol. The third-order valence-electron chi connectivity index (χ3n) is 3.13. The molecule has 0 fully saturated rings. The predicted molar refractivity (Wildman–Crippen MR) is 74.3 cm³/mol. The second-order valence-corrected chi connectivity index (χ2v) is 9.91. The second-order valence-electron chi connectivity index (χ2n) is 4.83. The maximum Gasteiger partial charge on any atom is 0.499 e. The molecule has 0 aliphatic carbocycles. The fraction of sp³-hybridized carbons (Fsp3) is 0.500. The predicted octanol–water partition coefficient (Wildman–Crippen LogP) is 1.90. The molecule has 0 N–H and O–H groups in total. The number of sulfone groups is 2. The fourth-order valence-electron chi connectivity index (χ4n) is 1.56. The Labute approximate surface area is 126 Å². The standard InChI is InChI=1S/C12H15F3O5S2/c1-11(21(2,16)17,22(18,19)12(13,14)15)9-20-8-10-6-4-3-5-7-10/h3-7H,8-9H2,1-2H3. The molecule has 1 rings (SSSR count). The molecule has 1 atom stereocenters. The lowest BCUT2D eigenvalue weighted by Gasteiger charge is -2.28. The lowest BCUT2D eigenvalue weighted by Crippen LogP contribution is -2.52. The van der Waals surface area contributed by atoms with E-state index in [1.807, 2.05) is 0 Å². The minimum Gasteiger partial charge on any atom is -0.374 e. The molecule has 10 heteroatoms. The van der Waals surface area contributed by atoms with E-state index in [9.17, 15) is 30.0 Å². The molecule has 0 amide bonds. The van der Waals surface area contributed by atoms with E-state index >= 15 is 0 Å². The maximum absolute atomic E-state index is 12.7. The number of ether oxygens (including phenoxy) is 1. The Morgan fingerprint density at radius 2 is 1.55 bits per heavy atom. The smallest absolute Gasteiger partial charge is 0.374 e. The Kier molecular flexibility index (Phi) is 5.30. The zero-order valence-electron chi connectivity index (χ0n) is 11.8. The summed E-state index contributed by atoms with van der Waals surface area (Å²) in [5.74, 6) is 0. The topological polar surface area (TPSA) is 77.5 Å². The second kappa shape index (κ2) is 6.17. The van der Waals surface area contributed by atoms with Gasteiger partial charge in [0.2, 0.25) is 4.08 Å². The molecule has 0 heterocycles. The SMILES string of the molecule is CC(COCc1ccccc1)(S(C)(=O)=O)S(=O)(=O)C(F)(F)F. The summed E-state index contributed by atoms with van der Waals surface area (Å²) in [6, 6.07) is 8.23. The van der Waals surface area contributed by atoms with Crippen LogP contribution in [0.1, 0.15) is 12.5 Å².